The van der Waals surface area contributed by atoms with E-state index in [1.165, 1.54) is 36.4 Å². The molecule has 0 N–H and O–H groups in total. The van der Waals surface area contributed by atoms with Crippen LogP contribution >= 0.6 is 116 Å². The van der Waals surface area contributed by atoms with Crippen molar-refractivity contribution in [1.29, 1.82) is 0 Å². The van der Waals surface area contributed by atoms with Crippen LogP contribution in [-0.4, -0.2) is 21.5 Å². The van der Waals surface area contributed by atoms with Crippen LogP contribution in [0.2, 0.25) is 50.2 Å². The first-order valence-corrected chi connectivity index (χ1v) is 17.1. The SMILES string of the molecule is O=C1C(=CC=C2N(c3c(Cl)cc(Cl)cc3Cl)c3nc4ccccc4nc3N2c2c(Cl)cc(Cl)cc2Cl)C(=O)c2c(Cl)c(Cl)c(Cl)c(Cl)c21. The maximum atomic E-state index is 13.7. The van der Waals surface area contributed by atoms with Crippen molar-refractivity contribution in [2.75, 3.05) is 9.80 Å². The van der Waals surface area contributed by atoms with Crippen molar-refractivity contribution in [1.82, 2.24) is 9.97 Å². The lowest BCUT2D eigenvalue weighted by molar-refractivity contribution is 0.0989. The number of carbonyl (C=O) groups is 2. The fourth-order valence-corrected chi connectivity index (χ4v) is 8.42. The number of anilines is 4. The highest BCUT2D eigenvalue weighted by atomic mass is 35.5. The molecule has 0 spiro atoms. The molecule has 0 saturated carbocycles. The normalized spacial score (nSPS) is 14.0. The van der Waals surface area contributed by atoms with E-state index >= 15 is 0 Å². The third kappa shape index (κ3) is 5.33. The second-order valence-corrected chi connectivity index (χ2v) is 14.2. The van der Waals surface area contributed by atoms with Crippen molar-refractivity contribution in [2.45, 2.75) is 0 Å². The summed E-state index contributed by atoms with van der Waals surface area (Å²) in [5, 5.41) is 0.406. The fraction of sp³-hybridized carbons (Fsp3) is 0. The molecule has 4 aromatic carbocycles. The second-order valence-electron chi connectivity index (χ2n) is 10.2. The van der Waals surface area contributed by atoms with Crippen molar-refractivity contribution in [3.8, 4) is 0 Å². The number of allylic oxidation sites excluding steroid dienone is 3. The zero-order chi connectivity index (χ0) is 34.3. The summed E-state index contributed by atoms with van der Waals surface area (Å²) in [5.41, 5.74) is 0.934. The second kappa shape index (κ2) is 12.7. The van der Waals surface area contributed by atoms with Gasteiger partial charge in [0.2, 0.25) is 0 Å². The van der Waals surface area contributed by atoms with Gasteiger partial charge in [0.25, 0.3) is 0 Å². The van der Waals surface area contributed by atoms with Gasteiger partial charge in [0, 0.05) is 10.0 Å². The number of nitrogens with zero attached hydrogens (tertiary/aromatic N) is 4. The molecule has 0 amide bonds. The van der Waals surface area contributed by atoms with Gasteiger partial charge in [-0.25, -0.2) is 9.97 Å². The van der Waals surface area contributed by atoms with Crippen molar-refractivity contribution in [3.63, 3.8) is 0 Å². The number of Topliss-reactive ketones (excluding diaryl/α,β-unsaturated/α-hetero) is 2. The summed E-state index contributed by atoms with van der Waals surface area (Å²) < 4.78 is 0. The van der Waals surface area contributed by atoms with Crippen LogP contribution in [0.4, 0.5) is 23.0 Å². The Hall–Kier alpha value is -2.46. The van der Waals surface area contributed by atoms with E-state index in [-0.39, 0.29) is 95.8 Å². The lowest BCUT2D eigenvalue weighted by Gasteiger charge is -2.27. The quantitative estimate of drug-likeness (QED) is 0.0780. The van der Waals surface area contributed by atoms with E-state index in [9.17, 15) is 9.59 Å². The third-order valence-corrected chi connectivity index (χ3v) is 10.8. The molecule has 240 valence electrons. The molecule has 2 heterocycles. The number of carbonyl (C=O) groups excluding carboxylic acids is 2. The minimum Gasteiger partial charge on any atom is -0.288 e. The number of hydrogen-bond acceptors (Lipinski definition) is 6. The molecule has 5 aromatic rings. The minimum atomic E-state index is -0.724. The van der Waals surface area contributed by atoms with Gasteiger partial charge < -0.3 is 0 Å². The summed E-state index contributed by atoms with van der Waals surface area (Å²) >= 11 is 64.9. The van der Waals surface area contributed by atoms with Gasteiger partial charge in [-0.05, 0) is 48.6 Å². The summed E-state index contributed by atoms with van der Waals surface area (Å²) in [6, 6.07) is 13.2. The summed E-state index contributed by atoms with van der Waals surface area (Å²) in [4.78, 5) is 40.4. The highest BCUT2D eigenvalue weighted by molar-refractivity contribution is 6.57. The topological polar surface area (TPSA) is 66.4 Å². The Kier molecular flexibility index (Phi) is 9.00. The lowest BCUT2D eigenvalue weighted by atomic mass is 10.1. The minimum absolute atomic E-state index is 0.144. The first-order valence-electron chi connectivity index (χ1n) is 13.3. The van der Waals surface area contributed by atoms with Crippen LogP contribution in [0.5, 0.6) is 0 Å². The number of ketones is 2. The van der Waals surface area contributed by atoms with Gasteiger partial charge in [-0.3, -0.25) is 19.4 Å². The largest absolute Gasteiger partial charge is 0.288 e. The molecule has 0 saturated heterocycles. The Bertz CT molecular complexity index is 2180. The van der Waals surface area contributed by atoms with Crippen LogP contribution in [0, 0.1) is 0 Å². The van der Waals surface area contributed by atoms with Gasteiger partial charge in [0.15, 0.2) is 23.2 Å². The summed E-state index contributed by atoms with van der Waals surface area (Å²) in [7, 11) is 0. The van der Waals surface area contributed by atoms with Crippen LogP contribution in [0.3, 0.4) is 0 Å². The average molecular weight is 837 g/mol. The molecule has 48 heavy (non-hydrogen) atoms. The van der Waals surface area contributed by atoms with Gasteiger partial charge >= 0.3 is 0 Å². The molecule has 0 atom stereocenters. The van der Waals surface area contributed by atoms with Crippen molar-refractivity contribution in [2.24, 2.45) is 0 Å². The van der Waals surface area contributed by atoms with Crippen LogP contribution in [0.25, 0.3) is 11.0 Å². The molecular weight excluding hydrogens is 827 g/mol. The molecule has 0 radical (unpaired) electrons. The van der Waals surface area contributed by atoms with Gasteiger partial charge in [-0.2, -0.15) is 0 Å². The Balaban J connectivity index is 1.55. The molecule has 1 aromatic heterocycles. The smallest absolute Gasteiger partial charge is 0.199 e. The first kappa shape index (κ1) is 34.0. The van der Waals surface area contributed by atoms with Crippen molar-refractivity contribution >= 4 is 162 Å². The predicted octanol–water partition coefficient (Wildman–Crippen LogP) is 13.3. The number of para-hydroxylation sites is 2. The molecule has 1 aliphatic heterocycles. The van der Waals surface area contributed by atoms with Crippen LogP contribution in [0.1, 0.15) is 20.7 Å². The first-order chi connectivity index (χ1) is 22.8. The molecule has 0 bridgehead atoms. The zero-order valence-corrected chi connectivity index (χ0v) is 30.7. The number of hydrogen-bond donors (Lipinski definition) is 0. The average Bonchev–Trinajstić information content (AvgIpc) is 3.45. The van der Waals surface area contributed by atoms with Crippen molar-refractivity contribution in [3.05, 3.63) is 133 Å². The molecule has 2 aliphatic rings. The summed E-state index contributed by atoms with van der Waals surface area (Å²) in [6.07, 6.45) is 2.74. The van der Waals surface area contributed by atoms with Crippen LogP contribution in [0.15, 0.2) is 72.1 Å². The van der Waals surface area contributed by atoms with E-state index in [1.807, 2.05) is 0 Å². The molecule has 1 aliphatic carbocycles. The molecule has 16 heteroatoms. The standard InChI is InChI=1S/C32H10Cl10N4O2/c33-11-7-14(35)27(15(36)8-11)45-20(6-5-13-29(47)21-22(30(13)48)24(40)26(42)25(41)23(21)39)46(28-16(37)9-12(34)10-17(28)38)32-31(45)43-18-3-1-2-4-19(18)44-32/h1-10H. The van der Waals surface area contributed by atoms with Gasteiger partial charge in [0.1, 0.15) is 5.82 Å². The Morgan fingerprint density at radius 3 is 1.27 bits per heavy atom. The Morgan fingerprint density at radius 2 is 0.896 bits per heavy atom. The number of benzene rings is 4. The Morgan fingerprint density at radius 1 is 0.521 bits per heavy atom. The van der Waals surface area contributed by atoms with E-state index in [1.54, 1.807) is 34.1 Å². The predicted molar refractivity (Wildman–Crippen MR) is 198 cm³/mol. The molecule has 6 nitrogen and oxygen atoms in total. The molecule has 0 unspecified atom stereocenters. The summed E-state index contributed by atoms with van der Waals surface area (Å²) in [5.74, 6) is -0.738. The molecule has 7 rings (SSSR count). The number of rotatable bonds is 3. The van der Waals surface area contributed by atoms with E-state index < -0.39 is 11.6 Å². The van der Waals surface area contributed by atoms with Gasteiger partial charge in [0.05, 0.1) is 79.3 Å². The van der Waals surface area contributed by atoms with Crippen LogP contribution in [-0.2, 0) is 0 Å². The van der Waals surface area contributed by atoms with E-state index in [0.29, 0.717) is 11.0 Å². The Labute approximate surface area is 321 Å². The highest BCUT2D eigenvalue weighted by Crippen LogP contribution is 2.55. The third-order valence-electron chi connectivity index (χ3n) is 7.44. The number of fused-ring (bicyclic) bond motifs is 3. The molecular formula is C32H10Cl10N4O2. The number of aromatic nitrogens is 2. The maximum Gasteiger partial charge on any atom is 0.199 e. The lowest BCUT2D eigenvalue weighted by Crippen LogP contribution is -2.23. The summed E-state index contributed by atoms with van der Waals surface area (Å²) in [6.45, 7) is 0. The number of halogens is 10. The van der Waals surface area contributed by atoms with E-state index in [0.717, 1.165) is 0 Å². The maximum absolute atomic E-state index is 13.7. The fourth-order valence-electron chi connectivity index (χ4n) is 5.42. The zero-order valence-electron chi connectivity index (χ0n) is 23.2. The highest BCUT2D eigenvalue weighted by Gasteiger charge is 2.42. The van der Waals surface area contributed by atoms with Crippen LogP contribution < -0.4 is 9.80 Å². The molecule has 0 fully saturated rings. The van der Waals surface area contributed by atoms with Gasteiger partial charge in [-0.1, -0.05) is 128 Å². The van der Waals surface area contributed by atoms with Crippen molar-refractivity contribution < 1.29 is 9.59 Å². The van der Waals surface area contributed by atoms with E-state index in [4.69, 9.17) is 126 Å². The monoisotopic (exact) mass is 832 g/mol. The van der Waals surface area contributed by atoms with E-state index in [2.05, 4.69) is 0 Å². The van der Waals surface area contributed by atoms with Gasteiger partial charge in [-0.15, -0.1) is 0 Å².